The Morgan fingerprint density at radius 1 is 1.24 bits per heavy atom. The molecule has 132 valence electrons. The minimum atomic E-state index is -0.143. The van der Waals surface area contributed by atoms with Crippen LogP contribution in [0.25, 0.3) is 0 Å². The Kier molecular flexibility index (Phi) is 5.02. The van der Waals surface area contributed by atoms with Crippen LogP contribution in [-0.2, 0) is 11.2 Å². The SMILES string of the molecule is Cc1ccc(C(NC(=O)CCc2c(C)nc(C)[nH]c2=O)C2CC2)cc1. The number of aromatic nitrogens is 2. The molecule has 0 saturated heterocycles. The van der Waals surface area contributed by atoms with E-state index in [4.69, 9.17) is 0 Å². The quantitative estimate of drug-likeness (QED) is 0.850. The summed E-state index contributed by atoms with van der Waals surface area (Å²) in [6.45, 7) is 5.63. The molecule has 1 atom stereocenters. The summed E-state index contributed by atoms with van der Waals surface area (Å²) in [5, 5.41) is 3.16. The van der Waals surface area contributed by atoms with Crippen molar-refractivity contribution in [3.63, 3.8) is 0 Å². The molecule has 0 bridgehead atoms. The van der Waals surface area contributed by atoms with Gasteiger partial charge in [0.05, 0.1) is 6.04 Å². The summed E-state index contributed by atoms with van der Waals surface area (Å²) in [5.41, 5.74) is 3.53. The van der Waals surface area contributed by atoms with E-state index in [9.17, 15) is 9.59 Å². The molecule has 5 heteroatoms. The third-order valence-electron chi connectivity index (χ3n) is 4.79. The zero-order valence-electron chi connectivity index (χ0n) is 15.1. The van der Waals surface area contributed by atoms with Crippen molar-refractivity contribution in [2.45, 2.75) is 52.5 Å². The number of H-pyrrole nitrogens is 1. The van der Waals surface area contributed by atoms with E-state index in [-0.39, 0.29) is 17.5 Å². The first-order valence-electron chi connectivity index (χ1n) is 8.86. The molecule has 0 spiro atoms. The van der Waals surface area contributed by atoms with Gasteiger partial charge in [0.2, 0.25) is 5.91 Å². The molecule has 25 heavy (non-hydrogen) atoms. The van der Waals surface area contributed by atoms with Crippen LogP contribution in [0.4, 0.5) is 0 Å². The Labute approximate surface area is 147 Å². The molecule has 1 heterocycles. The molecule has 1 unspecified atom stereocenters. The largest absolute Gasteiger partial charge is 0.349 e. The molecule has 2 N–H and O–H groups in total. The van der Waals surface area contributed by atoms with Crippen LogP contribution in [0.2, 0.25) is 0 Å². The highest BCUT2D eigenvalue weighted by atomic mass is 16.1. The van der Waals surface area contributed by atoms with E-state index in [1.807, 2.05) is 6.92 Å². The predicted molar refractivity (Wildman–Crippen MR) is 97.4 cm³/mol. The Bertz CT molecular complexity index is 820. The maximum Gasteiger partial charge on any atom is 0.254 e. The van der Waals surface area contributed by atoms with Gasteiger partial charge in [-0.05, 0) is 51.5 Å². The van der Waals surface area contributed by atoms with Crippen molar-refractivity contribution in [3.05, 3.63) is 62.8 Å². The fraction of sp³-hybridized carbons (Fsp3) is 0.450. The van der Waals surface area contributed by atoms with Crippen LogP contribution in [0.3, 0.4) is 0 Å². The summed E-state index contributed by atoms with van der Waals surface area (Å²) >= 11 is 0. The van der Waals surface area contributed by atoms with Gasteiger partial charge in [0.1, 0.15) is 5.82 Å². The Morgan fingerprint density at radius 3 is 2.52 bits per heavy atom. The normalized spacial score (nSPS) is 15.0. The zero-order valence-corrected chi connectivity index (χ0v) is 15.1. The Balaban J connectivity index is 1.65. The van der Waals surface area contributed by atoms with Gasteiger partial charge < -0.3 is 10.3 Å². The average molecular weight is 339 g/mol. The summed E-state index contributed by atoms with van der Waals surface area (Å²) in [6, 6.07) is 8.42. The number of nitrogens with one attached hydrogen (secondary N) is 2. The van der Waals surface area contributed by atoms with Crippen LogP contribution in [0.1, 0.15) is 53.5 Å². The number of aromatic amines is 1. The molecule has 1 saturated carbocycles. The molecule has 1 aromatic heterocycles. The molecule has 1 fully saturated rings. The number of aryl methyl sites for hydroxylation is 3. The number of carbonyl (C=O) groups is 1. The second-order valence-corrected chi connectivity index (χ2v) is 7.01. The van der Waals surface area contributed by atoms with Gasteiger partial charge in [0, 0.05) is 17.7 Å². The lowest BCUT2D eigenvalue weighted by atomic mass is 10.0. The van der Waals surface area contributed by atoms with E-state index in [0.717, 1.165) is 18.4 Å². The molecule has 1 aliphatic rings. The zero-order chi connectivity index (χ0) is 18.0. The van der Waals surface area contributed by atoms with Crippen molar-refractivity contribution in [1.82, 2.24) is 15.3 Å². The maximum absolute atomic E-state index is 12.4. The van der Waals surface area contributed by atoms with Gasteiger partial charge in [-0.3, -0.25) is 9.59 Å². The average Bonchev–Trinajstić information content (AvgIpc) is 3.37. The second kappa shape index (κ2) is 7.21. The molecule has 0 aliphatic heterocycles. The van der Waals surface area contributed by atoms with Gasteiger partial charge in [-0.25, -0.2) is 4.98 Å². The first kappa shape index (κ1) is 17.4. The van der Waals surface area contributed by atoms with Crippen LogP contribution in [0.5, 0.6) is 0 Å². The van der Waals surface area contributed by atoms with Crippen LogP contribution >= 0.6 is 0 Å². The van der Waals surface area contributed by atoms with Crippen LogP contribution in [-0.4, -0.2) is 15.9 Å². The van der Waals surface area contributed by atoms with Crippen molar-refractivity contribution in [2.75, 3.05) is 0 Å². The van der Waals surface area contributed by atoms with E-state index in [2.05, 4.69) is 46.5 Å². The smallest absolute Gasteiger partial charge is 0.254 e. The number of hydrogen-bond acceptors (Lipinski definition) is 3. The number of nitrogens with zero attached hydrogens (tertiary/aromatic N) is 1. The predicted octanol–water partition coefficient (Wildman–Crippen LogP) is 2.90. The monoisotopic (exact) mass is 339 g/mol. The van der Waals surface area contributed by atoms with Gasteiger partial charge in [-0.2, -0.15) is 0 Å². The number of benzene rings is 1. The van der Waals surface area contributed by atoms with E-state index in [0.29, 0.717) is 35.8 Å². The number of hydrogen-bond donors (Lipinski definition) is 2. The molecular formula is C20H25N3O2. The van der Waals surface area contributed by atoms with Crippen LogP contribution in [0, 0.1) is 26.7 Å². The molecule has 2 aromatic rings. The number of carbonyl (C=O) groups excluding carboxylic acids is 1. The topological polar surface area (TPSA) is 74.8 Å². The molecular weight excluding hydrogens is 314 g/mol. The van der Waals surface area contributed by atoms with E-state index in [1.54, 1.807) is 6.92 Å². The van der Waals surface area contributed by atoms with Crippen LogP contribution < -0.4 is 10.9 Å². The van der Waals surface area contributed by atoms with Crippen molar-refractivity contribution >= 4 is 5.91 Å². The van der Waals surface area contributed by atoms with Crippen molar-refractivity contribution in [1.29, 1.82) is 0 Å². The first-order valence-corrected chi connectivity index (χ1v) is 8.86. The summed E-state index contributed by atoms with van der Waals surface area (Å²) in [7, 11) is 0. The summed E-state index contributed by atoms with van der Waals surface area (Å²) in [5.74, 6) is 1.11. The van der Waals surface area contributed by atoms with Gasteiger partial charge >= 0.3 is 0 Å². The minimum Gasteiger partial charge on any atom is -0.349 e. The highest BCUT2D eigenvalue weighted by Crippen LogP contribution is 2.41. The first-order chi connectivity index (χ1) is 11.9. The fourth-order valence-electron chi connectivity index (χ4n) is 3.21. The maximum atomic E-state index is 12.4. The van der Waals surface area contributed by atoms with Crippen molar-refractivity contribution < 1.29 is 4.79 Å². The third-order valence-corrected chi connectivity index (χ3v) is 4.79. The van der Waals surface area contributed by atoms with Gasteiger partial charge in [0.25, 0.3) is 5.56 Å². The highest BCUT2D eigenvalue weighted by molar-refractivity contribution is 5.76. The molecule has 1 amide bonds. The Morgan fingerprint density at radius 2 is 1.92 bits per heavy atom. The minimum absolute atomic E-state index is 0.0168. The van der Waals surface area contributed by atoms with Crippen molar-refractivity contribution in [2.24, 2.45) is 5.92 Å². The third kappa shape index (κ3) is 4.35. The standard InChI is InChI=1S/C20H25N3O2/c1-12-4-6-15(7-5-12)19(16-8-9-16)23-18(24)11-10-17-13(2)21-14(3)22-20(17)25/h4-7,16,19H,8-11H2,1-3H3,(H,23,24)(H,21,22,25). The lowest BCUT2D eigenvalue weighted by Gasteiger charge is -2.19. The van der Waals surface area contributed by atoms with E-state index < -0.39 is 0 Å². The lowest BCUT2D eigenvalue weighted by molar-refractivity contribution is -0.122. The van der Waals surface area contributed by atoms with Crippen molar-refractivity contribution in [3.8, 4) is 0 Å². The summed E-state index contributed by atoms with van der Waals surface area (Å²) in [4.78, 5) is 31.5. The second-order valence-electron chi connectivity index (χ2n) is 7.01. The number of rotatable bonds is 6. The van der Waals surface area contributed by atoms with Gasteiger partial charge in [0.15, 0.2) is 0 Å². The van der Waals surface area contributed by atoms with Gasteiger partial charge in [-0.15, -0.1) is 0 Å². The molecule has 5 nitrogen and oxygen atoms in total. The Hall–Kier alpha value is -2.43. The number of amides is 1. The fourth-order valence-corrected chi connectivity index (χ4v) is 3.21. The van der Waals surface area contributed by atoms with Gasteiger partial charge in [-0.1, -0.05) is 29.8 Å². The molecule has 1 aliphatic carbocycles. The van der Waals surface area contributed by atoms with E-state index >= 15 is 0 Å². The molecule has 0 radical (unpaired) electrons. The highest BCUT2D eigenvalue weighted by Gasteiger charge is 2.33. The summed E-state index contributed by atoms with van der Waals surface area (Å²) in [6.07, 6.45) is 3.01. The van der Waals surface area contributed by atoms with Crippen LogP contribution in [0.15, 0.2) is 29.1 Å². The lowest BCUT2D eigenvalue weighted by Crippen LogP contribution is -2.30. The van der Waals surface area contributed by atoms with E-state index in [1.165, 1.54) is 5.56 Å². The molecule has 3 rings (SSSR count). The summed E-state index contributed by atoms with van der Waals surface area (Å²) < 4.78 is 0. The molecule has 1 aromatic carbocycles.